The number of azo groups is 1. The van der Waals surface area contributed by atoms with Crippen molar-refractivity contribution in [1.82, 2.24) is 5.32 Å². The van der Waals surface area contributed by atoms with Gasteiger partial charge in [0, 0.05) is 6.54 Å². The molecular weight excluding hydrogens is 205 g/mol. The van der Waals surface area contributed by atoms with Gasteiger partial charge in [-0.15, -0.1) is 29.9 Å². The molecule has 0 fully saturated rings. The first-order valence-electron chi connectivity index (χ1n) is 2.74. The number of amides is 1. The third-order valence-electron chi connectivity index (χ3n) is 1.06. The van der Waals surface area contributed by atoms with Crippen molar-refractivity contribution in [1.29, 1.82) is 5.41 Å². The number of carbonyl (C=O) groups excluding carboxylic acids is 1. The van der Waals surface area contributed by atoms with Crippen LogP contribution in [0.3, 0.4) is 0 Å². The molecule has 12 heavy (non-hydrogen) atoms. The number of hydrogen-bond acceptors (Lipinski definition) is 4. The second kappa shape index (κ2) is 5.87. The van der Waals surface area contributed by atoms with E-state index in [0.29, 0.717) is 0 Å². The van der Waals surface area contributed by atoms with Crippen molar-refractivity contribution >= 4 is 36.7 Å². The lowest BCUT2D eigenvalue weighted by molar-refractivity contribution is -0.121. The van der Waals surface area contributed by atoms with Crippen molar-refractivity contribution in [2.45, 2.75) is 6.04 Å². The number of hydrogen-bond donors (Lipinski definition) is 3. The average Bonchev–Trinajstić information content (AvgIpc) is 1.88. The van der Waals surface area contributed by atoms with Gasteiger partial charge >= 0.3 is 0 Å². The van der Waals surface area contributed by atoms with Gasteiger partial charge in [0.15, 0.2) is 6.04 Å². The third kappa shape index (κ3) is 3.12. The molecule has 70 valence electrons. The van der Waals surface area contributed by atoms with Crippen molar-refractivity contribution in [2.24, 2.45) is 16.0 Å². The van der Waals surface area contributed by atoms with E-state index >= 15 is 0 Å². The maximum absolute atomic E-state index is 10.8. The molecule has 1 atom stereocenters. The fraction of sp³-hybridized carbons (Fsp3) is 0.500. The van der Waals surface area contributed by atoms with Crippen LogP contribution in [0.25, 0.3) is 0 Å². The van der Waals surface area contributed by atoms with Gasteiger partial charge in [0.2, 0.25) is 5.96 Å². The molecule has 0 aromatic heterocycles. The normalized spacial score (nSPS) is 20.6. The van der Waals surface area contributed by atoms with E-state index in [0.717, 1.165) is 0 Å². The zero-order valence-corrected chi connectivity index (χ0v) is 7.61. The zero-order valence-electron chi connectivity index (χ0n) is 5.98. The van der Waals surface area contributed by atoms with Gasteiger partial charge in [0.1, 0.15) is 0 Å². The van der Waals surface area contributed by atoms with Crippen LogP contribution in [0.2, 0.25) is 0 Å². The summed E-state index contributed by atoms with van der Waals surface area (Å²) in [6.07, 6.45) is 0. The molecule has 1 aliphatic rings. The van der Waals surface area contributed by atoms with Crippen LogP contribution in [0.4, 0.5) is 0 Å². The number of nitrogens with one attached hydrogen (secondary N) is 2. The minimum Gasteiger partial charge on any atom is -0.328 e. The molecule has 1 unspecified atom stereocenters. The number of halogens is 2. The van der Waals surface area contributed by atoms with Crippen LogP contribution >= 0.6 is 24.8 Å². The van der Waals surface area contributed by atoms with Gasteiger partial charge in [0.25, 0.3) is 5.91 Å². The standard InChI is InChI=1S/C4H7N5O.2ClH/c5-1-2-3(10)7-4(6)9-8-2;;/h2H,1,5H2,(H2,6,7,10);2*1H. The van der Waals surface area contributed by atoms with E-state index < -0.39 is 6.04 Å². The smallest absolute Gasteiger partial charge is 0.254 e. The fourth-order valence-electron chi connectivity index (χ4n) is 0.559. The molecule has 1 rings (SSSR count). The number of rotatable bonds is 1. The molecular formula is C4H9Cl2N5O. The van der Waals surface area contributed by atoms with Crippen LogP contribution in [-0.4, -0.2) is 24.5 Å². The van der Waals surface area contributed by atoms with Crippen LogP contribution in [0, 0.1) is 5.41 Å². The minimum absolute atomic E-state index is 0. The van der Waals surface area contributed by atoms with E-state index in [-0.39, 0.29) is 43.2 Å². The summed E-state index contributed by atoms with van der Waals surface area (Å²) in [5.74, 6) is -0.586. The maximum Gasteiger partial charge on any atom is 0.254 e. The summed E-state index contributed by atoms with van der Waals surface area (Å²) in [5.41, 5.74) is 5.15. The van der Waals surface area contributed by atoms with Gasteiger partial charge in [-0.3, -0.25) is 15.5 Å². The van der Waals surface area contributed by atoms with Crippen LogP contribution in [0.5, 0.6) is 0 Å². The van der Waals surface area contributed by atoms with E-state index in [9.17, 15) is 4.79 Å². The third-order valence-corrected chi connectivity index (χ3v) is 1.06. The summed E-state index contributed by atoms with van der Waals surface area (Å²) in [4.78, 5) is 10.8. The van der Waals surface area contributed by atoms with Crippen LogP contribution in [0.15, 0.2) is 10.2 Å². The molecule has 1 aliphatic heterocycles. The molecule has 1 heterocycles. The number of nitrogens with zero attached hydrogens (tertiary/aromatic N) is 2. The summed E-state index contributed by atoms with van der Waals surface area (Å²) in [5, 5.41) is 15.8. The molecule has 8 heteroatoms. The Balaban J connectivity index is 0. The first-order valence-corrected chi connectivity index (χ1v) is 2.74. The first kappa shape index (κ1) is 13.8. The summed E-state index contributed by atoms with van der Waals surface area (Å²) >= 11 is 0. The van der Waals surface area contributed by atoms with Gasteiger partial charge in [-0.25, -0.2) is 0 Å². The lowest BCUT2D eigenvalue weighted by Gasteiger charge is -2.11. The SMILES string of the molecule is Cl.Cl.N=C1N=NC(CN)C(=O)N1. The monoisotopic (exact) mass is 213 g/mol. The summed E-state index contributed by atoms with van der Waals surface area (Å²) in [6, 6.07) is -0.617. The van der Waals surface area contributed by atoms with Crippen LogP contribution in [-0.2, 0) is 4.79 Å². The van der Waals surface area contributed by atoms with Crippen LogP contribution < -0.4 is 11.1 Å². The second-order valence-corrected chi connectivity index (χ2v) is 1.80. The molecule has 0 aromatic rings. The molecule has 0 spiro atoms. The first-order chi connectivity index (χ1) is 4.74. The Bertz CT molecular complexity index is 206. The van der Waals surface area contributed by atoms with E-state index in [4.69, 9.17) is 11.1 Å². The quantitative estimate of drug-likeness (QED) is 0.556. The van der Waals surface area contributed by atoms with Gasteiger partial charge in [-0.1, -0.05) is 0 Å². The number of carbonyl (C=O) groups is 1. The molecule has 0 bridgehead atoms. The Hall–Kier alpha value is -0.720. The van der Waals surface area contributed by atoms with Crippen molar-refractivity contribution in [2.75, 3.05) is 6.54 Å². The lowest BCUT2D eigenvalue weighted by atomic mass is 10.3. The Morgan fingerprint density at radius 2 is 2.17 bits per heavy atom. The minimum atomic E-state index is -0.617. The van der Waals surface area contributed by atoms with Gasteiger partial charge in [-0.05, 0) is 0 Å². The molecule has 0 aliphatic carbocycles. The molecule has 1 amide bonds. The van der Waals surface area contributed by atoms with Gasteiger partial charge in [0.05, 0.1) is 0 Å². The Morgan fingerprint density at radius 1 is 1.58 bits per heavy atom. The van der Waals surface area contributed by atoms with E-state index in [1.54, 1.807) is 0 Å². The average molecular weight is 214 g/mol. The van der Waals surface area contributed by atoms with E-state index in [2.05, 4.69) is 15.5 Å². The summed E-state index contributed by atoms with van der Waals surface area (Å²) in [6.45, 7) is 0.128. The predicted molar refractivity (Wildman–Crippen MR) is 48.1 cm³/mol. The van der Waals surface area contributed by atoms with Crippen molar-refractivity contribution in [3.05, 3.63) is 0 Å². The molecule has 0 aromatic carbocycles. The number of nitrogens with two attached hydrogens (primary N) is 1. The fourth-order valence-corrected chi connectivity index (χ4v) is 0.559. The molecule has 0 saturated carbocycles. The van der Waals surface area contributed by atoms with Crippen LogP contribution in [0.1, 0.15) is 0 Å². The highest BCUT2D eigenvalue weighted by molar-refractivity contribution is 5.99. The topological polar surface area (TPSA) is 104 Å². The van der Waals surface area contributed by atoms with E-state index in [1.807, 2.05) is 0 Å². The maximum atomic E-state index is 10.8. The van der Waals surface area contributed by atoms with Gasteiger partial charge < -0.3 is 5.73 Å². The molecule has 6 nitrogen and oxygen atoms in total. The van der Waals surface area contributed by atoms with Crippen molar-refractivity contribution < 1.29 is 4.79 Å². The van der Waals surface area contributed by atoms with Crippen molar-refractivity contribution in [3.63, 3.8) is 0 Å². The highest BCUT2D eigenvalue weighted by Crippen LogP contribution is 1.95. The summed E-state index contributed by atoms with van der Waals surface area (Å²) in [7, 11) is 0. The highest BCUT2D eigenvalue weighted by atomic mass is 35.5. The second-order valence-electron chi connectivity index (χ2n) is 1.80. The van der Waals surface area contributed by atoms with Crippen molar-refractivity contribution in [3.8, 4) is 0 Å². The largest absolute Gasteiger partial charge is 0.328 e. The Labute approximate surface area is 81.3 Å². The Morgan fingerprint density at radius 3 is 2.58 bits per heavy atom. The van der Waals surface area contributed by atoms with E-state index in [1.165, 1.54) is 0 Å². The summed E-state index contributed by atoms with van der Waals surface area (Å²) < 4.78 is 0. The zero-order chi connectivity index (χ0) is 7.56. The predicted octanol–water partition coefficient (Wildman–Crippen LogP) is -0.326. The molecule has 4 N–H and O–H groups in total. The Kier molecular flexibility index (Phi) is 6.77. The molecule has 0 saturated heterocycles. The number of guanidine groups is 1. The highest BCUT2D eigenvalue weighted by Gasteiger charge is 2.20. The lowest BCUT2D eigenvalue weighted by Crippen LogP contribution is -2.43. The van der Waals surface area contributed by atoms with Gasteiger partial charge in [-0.2, -0.15) is 5.11 Å². The molecule has 0 radical (unpaired) electrons.